The molecule has 0 unspecified atom stereocenters. The van der Waals surface area contributed by atoms with Crippen LogP contribution >= 0.6 is 0 Å². The van der Waals surface area contributed by atoms with Gasteiger partial charge in [0.05, 0.1) is 11.0 Å². The van der Waals surface area contributed by atoms with Crippen LogP contribution in [0.1, 0.15) is 54.1 Å². The Bertz CT molecular complexity index is 1230. The number of nitrogens with zero attached hydrogens (tertiary/aromatic N) is 3. The molecule has 6 nitrogen and oxygen atoms in total. The highest BCUT2D eigenvalue weighted by molar-refractivity contribution is 6.10. The average Bonchev–Trinajstić information content (AvgIpc) is 3.09. The molecule has 158 valence electrons. The van der Waals surface area contributed by atoms with Crippen LogP contribution in [0, 0.1) is 0 Å². The zero-order valence-corrected chi connectivity index (χ0v) is 17.6. The minimum atomic E-state index is -0.183. The lowest BCUT2D eigenvalue weighted by Gasteiger charge is -2.25. The number of nitrogens with two attached hydrogens (primary N) is 1. The SMILES string of the molecule is Nc1c(C(=O)NCCc2ccccc2)c2nc3ccccc3nc2n1C1CCCCC1. The molecule has 1 saturated carbocycles. The summed E-state index contributed by atoms with van der Waals surface area (Å²) in [6, 6.07) is 18.2. The van der Waals surface area contributed by atoms with E-state index in [0.29, 0.717) is 23.4 Å². The molecule has 0 radical (unpaired) electrons. The van der Waals surface area contributed by atoms with Crippen molar-refractivity contribution in [3.05, 3.63) is 65.7 Å². The van der Waals surface area contributed by atoms with Crippen molar-refractivity contribution in [1.82, 2.24) is 19.9 Å². The number of aromatic nitrogens is 3. The molecule has 0 bridgehead atoms. The van der Waals surface area contributed by atoms with Gasteiger partial charge in [0.15, 0.2) is 5.65 Å². The van der Waals surface area contributed by atoms with Crippen LogP contribution in [-0.2, 0) is 6.42 Å². The van der Waals surface area contributed by atoms with E-state index in [4.69, 9.17) is 15.7 Å². The third-order valence-corrected chi connectivity index (χ3v) is 6.24. The zero-order chi connectivity index (χ0) is 21.2. The Morgan fingerprint density at radius 1 is 0.968 bits per heavy atom. The Labute approximate surface area is 181 Å². The van der Waals surface area contributed by atoms with Crippen LogP contribution in [0.15, 0.2) is 54.6 Å². The number of nitrogen functional groups attached to an aromatic ring is 1. The molecule has 4 aromatic rings. The van der Waals surface area contributed by atoms with E-state index < -0.39 is 0 Å². The highest BCUT2D eigenvalue weighted by Crippen LogP contribution is 2.36. The predicted octanol–water partition coefficient (Wildman–Crippen LogP) is 4.64. The van der Waals surface area contributed by atoms with Crippen LogP contribution in [0.4, 0.5) is 5.82 Å². The number of amides is 1. The molecule has 1 aliphatic rings. The maximum Gasteiger partial charge on any atom is 0.257 e. The largest absolute Gasteiger partial charge is 0.384 e. The smallest absolute Gasteiger partial charge is 0.257 e. The first-order chi connectivity index (χ1) is 15.2. The summed E-state index contributed by atoms with van der Waals surface area (Å²) in [5, 5.41) is 3.04. The van der Waals surface area contributed by atoms with Crippen molar-refractivity contribution in [1.29, 1.82) is 0 Å². The Hall–Kier alpha value is -3.41. The number of fused-ring (bicyclic) bond motifs is 2. The fraction of sp³-hybridized carbons (Fsp3) is 0.320. The maximum atomic E-state index is 13.2. The maximum absolute atomic E-state index is 13.2. The molecule has 6 heteroatoms. The number of rotatable bonds is 5. The van der Waals surface area contributed by atoms with Crippen molar-refractivity contribution in [3.8, 4) is 0 Å². The normalized spacial score (nSPS) is 14.8. The summed E-state index contributed by atoms with van der Waals surface area (Å²) < 4.78 is 2.07. The Balaban J connectivity index is 1.53. The monoisotopic (exact) mass is 413 g/mol. The first-order valence-electron chi connectivity index (χ1n) is 11.1. The summed E-state index contributed by atoms with van der Waals surface area (Å²) in [6.45, 7) is 0.541. The summed E-state index contributed by atoms with van der Waals surface area (Å²) in [5.74, 6) is 0.298. The van der Waals surface area contributed by atoms with E-state index >= 15 is 0 Å². The highest BCUT2D eigenvalue weighted by Gasteiger charge is 2.28. The van der Waals surface area contributed by atoms with Crippen molar-refractivity contribution in [2.75, 3.05) is 12.3 Å². The van der Waals surface area contributed by atoms with Gasteiger partial charge in [-0.15, -0.1) is 0 Å². The van der Waals surface area contributed by atoms with E-state index in [1.165, 1.54) is 24.8 Å². The van der Waals surface area contributed by atoms with E-state index in [-0.39, 0.29) is 11.9 Å². The minimum absolute atomic E-state index is 0.183. The van der Waals surface area contributed by atoms with Crippen molar-refractivity contribution in [3.63, 3.8) is 0 Å². The first kappa shape index (κ1) is 19.5. The standard InChI is InChI=1S/C25H27N5O/c26-23-21(25(31)27-16-15-17-9-3-1-4-10-17)22-24(30(23)18-11-5-2-6-12-18)29-20-14-8-7-13-19(20)28-22/h1,3-4,7-10,13-14,18H,2,5-6,11-12,15-16,26H2,(H,27,31). The lowest BCUT2D eigenvalue weighted by molar-refractivity contribution is 0.0956. The summed E-state index contributed by atoms with van der Waals surface area (Å²) in [6.07, 6.45) is 6.46. The van der Waals surface area contributed by atoms with Crippen molar-refractivity contribution >= 4 is 33.9 Å². The van der Waals surface area contributed by atoms with Gasteiger partial charge in [-0.1, -0.05) is 61.7 Å². The second-order valence-electron chi connectivity index (χ2n) is 8.30. The van der Waals surface area contributed by atoms with Gasteiger partial charge in [-0.05, 0) is 37.0 Å². The zero-order valence-electron chi connectivity index (χ0n) is 17.6. The van der Waals surface area contributed by atoms with Gasteiger partial charge in [-0.25, -0.2) is 9.97 Å². The Morgan fingerprint density at radius 2 is 1.65 bits per heavy atom. The minimum Gasteiger partial charge on any atom is -0.384 e. The second-order valence-corrected chi connectivity index (χ2v) is 8.30. The van der Waals surface area contributed by atoms with Gasteiger partial charge in [-0.2, -0.15) is 0 Å². The number of para-hydroxylation sites is 2. The predicted molar refractivity (Wildman–Crippen MR) is 124 cm³/mol. The van der Waals surface area contributed by atoms with E-state index in [0.717, 1.165) is 35.9 Å². The van der Waals surface area contributed by atoms with Crippen molar-refractivity contribution in [2.45, 2.75) is 44.6 Å². The molecule has 3 N–H and O–H groups in total. The fourth-order valence-corrected chi connectivity index (χ4v) is 4.67. The molecule has 1 amide bonds. The second kappa shape index (κ2) is 8.38. The summed E-state index contributed by atoms with van der Waals surface area (Å²) in [5.41, 5.74) is 11.2. The van der Waals surface area contributed by atoms with Crippen LogP contribution in [0.5, 0.6) is 0 Å². The molecule has 2 aromatic carbocycles. The van der Waals surface area contributed by atoms with Crippen LogP contribution in [0.3, 0.4) is 0 Å². The molecular weight excluding hydrogens is 386 g/mol. The molecule has 1 aliphatic carbocycles. The first-order valence-corrected chi connectivity index (χ1v) is 11.1. The number of carbonyl (C=O) groups is 1. The van der Waals surface area contributed by atoms with Gasteiger partial charge < -0.3 is 15.6 Å². The third-order valence-electron chi connectivity index (χ3n) is 6.24. The molecular formula is C25H27N5O. The van der Waals surface area contributed by atoms with Crippen molar-refractivity contribution < 1.29 is 4.79 Å². The molecule has 2 heterocycles. The molecule has 2 aromatic heterocycles. The topological polar surface area (TPSA) is 85.8 Å². The van der Waals surface area contributed by atoms with Crippen LogP contribution < -0.4 is 11.1 Å². The Morgan fingerprint density at radius 3 is 2.39 bits per heavy atom. The van der Waals surface area contributed by atoms with Gasteiger partial charge >= 0.3 is 0 Å². The number of anilines is 1. The number of carbonyl (C=O) groups excluding carboxylic acids is 1. The Kier molecular flexibility index (Phi) is 5.28. The average molecular weight is 414 g/mol. The molecule has 0 spiro atoms. The summed E-state index contributed by atoms with van der Waals surface area (Å²) in [4.78, 5) is 22.9. The highest BCUT2D eigenvalue weighted by atomic mass is 16.1. The van der Waals surface area contributed by atoms with Gasteiger partial charge in [0.1, 0.15) is 16.9 Å². The molecule has 0 atom stereocenters. The van der Waals surface area contributed by atoms with Crippen molar-refractivity contribution in [2.24, 2.45) is 0 Å². The molecule has 0 saturated heterocycles. The van der Waals surface area contributed by atoms with E-state index in [2.05, 4.69) is 22.0 Å². The lowest BCUT2D eigenvalue weighted by Crippen LogP contribution is -2.27. The van der Waals surface area contributed by atoms with Gasteiger partial charge in [-0.3, -0.25) is 4.79 Å². The quantitative estimate of drug-likeness (QED) is 0.499. The van der Waals surface area contributed by atoms with Gasteiger partial charge in [0.25, 0.3) is 5.91 Å². The molecule has 5 rings (SSSR count). The molecule has 31 heavy (non-hydrogen) atoms. The van der Waals surface area contributed by atoms with Crippen LogP contribution in [-0.4, -0.2) is 27.0 Å². The fourth-order valence-electron chi connectivity index (χ4n) is 4.67. The van der Waals surface area contributed by atoms with E-state index in [1.807, 2.05) is 42.5 Å². The third kappa shape index (κ3) is 3.74. The van der Waals surface area contributed by atoms with Crippen LogP contribution in [0.2, 0.25) is 0 Å². The number of nitrogens with one attached hydrogen (secondary N) is 1. The lowest BCUT2D eigenvalue weighted by atomic mass is 9.95. The molecule has 0 aliphatic heterocycles. The summed E-state index contributed by atoms with van der Waals surface area (Å²) in [7, 11) is 0. The number of hydrogen-bond donors (Lipinski definition) is 2. The van der Waals surface area contributed by atoms with Gasteiger partial charge in [0.2, 0.25) is 0 Å². The van der Waals surface area contributed by atoms with E-state index in [9.17, 15) is 4.79 Å². The van der Waals surface area contributed by atoms with Crippen LogP contribution in [0.25, 0.3) is 22.2 Å². The van der Waals surface area contributed by atoms with Gasteiger partial charge in [0, 0.05) is 12.6 Å². The number of benzene rings is 2. The summed E-state index contributed by atoms with van der Waals surface area (Å²) >= 11 is 0. The van der Waals surface area contributed by atoms with E-state index in [1.54, 1.807) is 0 Å². The number of hydrogen-bond acceptors (Lipinski definition) is 4. The molecule has 1 fully saturated rings.